The second kappa shape index (κ2) is 16.1. The Morgan fingerprint density at radius 3 is 1.67 bits per heavy atom. The van der Waals surface area contributed by atoms with E-state index in [4.69, 9.17) is 9.84 Å². The van der Waals surface area contributed by atoms with E-state index < -0.39 is 41.2 Å². The summed E-state index contributed by atoms with van der Waals surface area (Å²) in [4.78, 5) is 11.9. The number of nitrogens with zero attached hydrogens (tertiary/aromatic N) is 1. The van der Waals surface area contributed by atoms with Gasteiger partial charge < -0.3 is 19.7 Å². The van der Waals surface area contributed by atoms with Crippen molar-refractivity contribution in [1.29, 1.82) is 0 Å². The van der Waals surface area contributed by atoms with Gasteiger partial charge in [0.25, 0.3) is 0 Å². The van der Waals surface area contributed by atoms with Gasteiger partial charge in [0.15, 0.2) is 0 Å². The van der Waals surface area contributed by atoms with Gasteiger partial charge in [0.2, 0.25) is 0 Å². The molecule has 1 saturated carbocycles. The zero-order valence-corrected chi connectivity index (χ0v) is 26.7. The minimum absolute atomic E-state index is 0.223. The third-order valence-electron chi connectivity index (χ3n) is 8.72. The van der Waals surface area contributed by atoms with Crippen LogP contribution in [0.3, 0.4) is 0 Å². The zero-order valence-electron chi connectivity index (χ0n) is 26.7. The number of likely N-dealkylation sites (tertiary alicyclic amines) is 1. The predicted octanol–water partition coefficient (Wildman–Crippen LogP) is 9.14. The highest BCUT2D eigenvalue weighted by molar-refractivity contribution is 5.56. The molecule has 3 aromatic rings. The van der Waals surface area contributed by atoms with Gasteiger partial charge in [0.1, 0.15) is 11.4 Å². The fourth-order valence-electron chi connectivity index (χ4n) is 5.73. The number of benzene rings is 3. The molecule has 48 heavy (non-hydrogen) atoms. The number of aliphatic hydroxyl groups is 1. The first kappa shape index (κ1) is 37.1. The molecule has 0 unspecified atom stereocenters. The number of halogens is 6. The molecule has 0 amide bonds. The van der Waals surface area contributed by atoms with Crippen LogP contribution < -0.4 is 4.74 Å². The Hall–Kier alpha value is -3.77. The van der Waals surface area contributed by atoms with Gasteiger partial charge in [-0.25, -0.2) is 4.79 Å². The Balaban J connectivity index is 0.000000579. The fourth-order valence-corrected chi connectivity index (χ4v) is 5.73. The van der Waals surface area contributed by atoms with Crippen LogP contribution >= 0.6 is 0 Å². The van der Waals surface area contributed by atoms with E-state index in [2.05, 4.69) is 9.64 Å². The highest BCUT2D eigenvalue weighted by atomic mass is 19.4. The van der Waals surface area contributed by atoms with E-state index >= 15 is 0 Å². The predicted molar refractivity (Wildman–Crippen MR) is 167 cm³/mol. The van der Waals surface area contributed by atoms with E-state index in [-0.39, 0.29) is 11.1 Å². The van der Waals surface area contributed by atoms with Gasteiger partial charge in [-0.3, -0.25) is 4.90 Å². The van der Waals surface area contributed by atoms with E-state index in [0.717, 1.165) is 55.0 Å². The molecule has 1 aliphatic heterocycles. The summed E-state index contributed by atoms with van der Waals surface area (Å²) in [6.45, 7) is 4.97. The summed E-state index contributed by atoms with van der Waals surface area (Å²) >= 11 is 0. The Kier molecular flexibility index (Phi) is 12.4. The summed E-state index contributed by atoms with van der Waals surface area (Å²) < 4.78 is 89.1. The van der Waals surface area contributed by atoms with Crippen molar-refractivity contribution < 1.29 is 50.8 Å². The third kappa shape index (κ3) is 10.4. The van der Waals surface area contributed by atoms with Gasteiger partial charge in [-0.15, -0.1) is 0 Å². The van der Waals surface area contributed by atoms with E-state index in [1.54, 1.807) is 0 Å². The quantitative estimate of drug-likeness (QED) is 0.119. The SMILES string of the molecule is CCCCOC(=O)O.OC(c1ccc(C(F)(F)F)cc1)(c1ccc(C(F)(F)F)cc1)C1CCN(Cc2ccc(OCC3CC3)cc2)CC1. The van der Waals surface area contributed by atoms with E-state index in [1.807, 2.05) is 31.2 Å². The molecule has 2 N–H and O–H groups in total. The molecule has 3 aromatic carbocycles. The Morgan fingerprint density at radius 1 is 0.771 bits per heavy atom. The molecule has 5 rings (SSSR count). The molecule has 262 valence electrons. The number of carboxylic acid groups (broad SMARTS) is 1. The topological polar surface area (TPSA) is 79.2 Å². The molecule has 2 fully saturated rings. The molecule has 1 heterocycles. The van der Waals surface area contributed by atoms with Gasteiger partial charge in [0, 0.05) is 6.54 Å². The monoisotopic (exact) mass is 681 g/mol. The van der Waals surface area contributed by atoms with Crippen LogP contribution in [0.15, 0.2) is 72.8 Å². The molecule has 6 nitrogen and oxygen atoms in total. The molecular formula is C36H41F6NO5. The largest absolute Gasteiger partial charge is 0.505 e. The Bertz CT molecular complexity index is 1370. The maximum Gasteiger partial charge on any atom is 0.505 e. The van der Waals surface area contributed by atoms with Crippen LogP contribution in [-0.2, 0) is 29.2 Å². The highest BCUT2D eigenvalue weighted by Crippen LogP contribution is 2.44. The first-order valence-corrected chi connectivity index (χ1v) is 16.1. The van der Waals surface area contributed by atoms with E-state index in [1.165, 1.54) is 37.1 Å². The van der Waals surface area contributed by atoms with Crippen LogP contribution in [0, 0.1) is 11.8 Å². The van der Waals surface area contributed by atoms with Crippen LogP contribution in [0.5, 0.6) is 5.75 Å². The first-order valence-electron chi connectivity index (χ1n) is 16.1. The lowest BCUT2D eigenvalue weighted by Crippen LogP contribution is -2.44. The van der Waals surface area contributed by atoms with Crippen molar-refractivity contribution in [2.45, 2.75) is 69.9 Å². The van der Waals surface area contributed by atoms with E-state index in [9.17, 15) is 36.2 Å². The second-order valence-corrected chi connectivity index (χ2v) is 12.3. The van der Waals surface area contributed by atoms with Gasteiger partial charge in [-0.2, -0.15) is 26.3 Å². The number of carbonyl (C=O) groups is 1. The normalized spacial score (nSPS) is 16.2. The minimum atomic E-state index is -4.54. The lowest BCUT2D eigenvalue weighted by atomic mass is 9.71. The van der Waals surface area contributed by atoms with Gasteiger partial charge in [0.05, 0.1) is 24.3 Å². The van der Waals surface area contributed by atoms with Crippen molar-refractivity contribution in [3.05, 3.63) is 101 Å². The fraction of sp³-hybridized carbons (Fsp3) is 0.472. The van der Waals surface area contributed by atoms with Crippen molar-refractivity contribution in [1.82, 2.24) is 4.90 Å². The molecule has 2 aliphatic rings. The van der Waals surface area contributed by atoms with Gasteiger partial charge in [-0.05, 0) is 110 Å². The van der Waals surface area contributed by atoms with Crippen molar-refractivity contribution in [3.63, 3.8) is 0 Å². The molecule has 1 saturated heterocycles. The summed E-state index contributed by atoms with van der Waals surface area (Å²) in [7, 11) is 0. The second-order valence-electron chi connectivity index (χ2n) is 12.3. The number of rotatable bonds is 11. The summed E-state index contributed by atoms with van der Waals surface area (Å²) in [6.07, 6.45) is -5.02. The summed E-state index contributed by atoms with van der Waals surface area (Å²) in [5.41, 5.74) is -1.91. The number of unbranched alkanes of at least 4 members (excludes halogenated alkanes) is 1. The summed E-state index contributed by atoms with van der Waals surface area (Å²) in [6, 6.07) is 16.4. The number of hydrogen-bond acceptors (Lipinski definition) is 5. The number of ether oxygens (including phenoxy) is 2. The van der Waals surface area contributed by atoms with Crippen LogP contribution in [0.25, 0.3) is 0 Å². The van der Waals surface area contributed by atoms with Crippen LogP contribution in [0.4, 0.5) is 31.1 Å². The molecule has 1 aliphatic carbocycles. The minimum Gasteiger partial charge on any atom is -0.493 e. The van der Waals surface area contributed by atoms with Crippen LogP contribution in [0.1, 0.15) is 73.3 Å². The number of hydrogen-bond donors (Lipinski definition) is 2. The highest BCUT2D eigenvalue weighted by Gasteiger charge is 2.43. The third-order valence-corrected chi connectivity index (χ3v) is 8.72. The molecule has 0 aromatic heterocycles. The smallest absolute Gasteiger partial charge is 0.493 e. The zero-order chi connectivity index (χ0) is 35.0. The van der Waals surface area contributed by atoms with Gasteiger partial charge in [-0.1, -0.05) is 49.7 Å². The molecule has 0 radical (unpaired) electrons. The molecule has 0 spiro atoms. The van der Waals surface area contributed by atoms with Crippen LogP contribution in [-0.4, -0.2) is 47.6 Å². The molecule has 0 atom stereocenters. The maximum absolute atomic E-state index is 13.2. The van der Waals surface area contributed by atoms with Crippen molar-refractivity contribution in [3.8, 4) is 5.75 Å². The number of piperidine rings is 1. The van der Waals surface area contributed by atoms with Crippen molar-refractivity contribution in [2.75, 3.05) is 26.3 Å². The van der Waals surface area contributed by atoms with Crippen molar-refractivity contribution in [2.24, 2.45) is 11.8 Å². The first-order chi connectivity index (χ1) is 22.7. The average Bonchev–Trinajstić information content (AvgIpc) is 3.89. The average molecular weight is 682 g/mol. The molecular weight excluding hydrogens is 640 g/mol. The number of alkyl halides is 6. The van der Waals surface area contributed by atoms with Crippen molar-refractivity contribution >= 4 is 6.16 Å². The standard InChI is InChI=1S/C31H31F6NO2.C5H10O3/c32-30(33,34)26-9-5-23(6-10-26)29(39,24-7-11-27(12-8-24)31(35,36)37)25-15-17-38(18-16-25)19-21-3-13-28(14-4-21)40-20-22-1-2-22;1-2-3-4-8-5(6)7/h3-14,22,25,39H,1-2,15-20H2;2-4H2,1H3,(H,6,7). The summed E-state index contributed by atoms with van der Waals surface area (Å²) in [5.74, 6) is 1.10. The summed E-state index contributed by atoms with van der Waals surface area (Å²) in [5, 5.41) is 20.0. The molecule has 12 heteroatoms. The Labute approximate surface area is 276 Å². The Morgan fingerprint density at radius 2 is 1.25 bits per heavy atom. The lowest BCUT2D eigenvalue weighted by Gasteiger charge is -2.42. The van der Waals surface area contributed by atoms with Gasteiger partial charge >= 0.3 is 18.5 Å². The maximum atomic E-state index is 13.2. The van der Waals surface area contributed by atoms with E-state index in [0.29, 0.717) is 45.0 Å². The van der Waals surface area contributed by atoms with Crippen LogP contribution in [0.2, 0.25) is 0 Å². The lowest BCUT2D eigenvalue weighted by molar-refractivity contribution is -0.138. The molecule has 0 bridgehead atoms.